The Morgan fingerprint density at radius 3 is 2.65 bits per heavy atom. The highest BCUT2D eigenvalue weighted by molar-refractivity contribution is 6.30. The third kappa shape index (κ3) is 4.90. The zero-order valence-electron chi connectivity index (χ0n) is 17.3. The van der Waals surface area contributed by atoms with Crippen molar-refractivity contribution in [3.8, 4) is 5.75 Å². The van der Waals surface area contributed by atoms with E-state index in [-0.39, 0.29) is 29.8 Å². The van der Waals surface area contributed by atoms with E-state index >= 15 is 0 Å². The maximum Gasteiger partial charge on any atom is 0.411 e. The molecule has 0 spiro atoms. The van der Waals surface area contributed by atoms with Crippen molar-refractivity contribution in [2.75, 3.05) is 13.7 Å². The lowest BCUT2D eigenvalue weighted by molar-refractivity contribution is -0.147. The van der Waals surface area contributed by atoms with Gasteiger partial charge in [-0.25, -0.2) is 18.4 Å². The molecule has 0 saturated carbocycles. The SMILES string of the molecule is COC(=O)C1c2ccc(OCc3c(F)ccc(Cl)c3F)cc2CCN1C(=O)OC(C)C. The number of carbonyl (C=O) groups excluding carboxylic acids is 2. The first-order valence-electron chi connectivity index (χ1n) is 9.66. The van der Waals surface area contributed by atoms with Crippen molar-refractivity contribution >= 4 is 23.7 Å². The molecule has 0 saturated heterocycles. The van der Waals surface area contributed by atoms with E-state index in [0.717, 1.165) is 17.7 Å². The summed E-state index contributed by atoms with van der Waals surface area (Å²) in [6.45, 7) is 3.32. The summed E-state index contributed by atoms with van der Waals surface area (Å²) in [4.78, 5) is 26.2. The second kappa shape index (κ2) is 9.51. The molecule has 9 heteroatoms. The van der Waals surface area contributed by atoms with Crippen molar-refractivity contribution in [1.82, 2.24) is 4.90 Å². The molecule has 6 nitrogen and oxygen atoms in total. The lowest BCUT2D eigenvalue weighted by Gasteiger charge is -2.35. The fraction of sp³-hybridized carbons (Fsp3) is 0.364. The van der Waals surface area contributed by atoms with Gasteiger partial charge in [-0.1, -0.05) is 17.7 Å². The molecule has 31 heavy (non-hydrogen) atoms. The maximum atomic E-state index is 14.1. The summed E-state index contributed by atoms with van der Waals surface area (Å²) < 4.78 is 43.7. The van der Waals surface area contributed by atoms with Gasteiger partial charge in [0, 0.05) is 6.54 Å². The van der Waals surface area contributed by atoms with Gasteiger partial charge in [-0.3, -0.25) is 4.90 Å². The molecule has 0 aromatic heterocycles. The Balaban J connectivity index is 1.84. The van der Waals surface area contributed by atoms with Crippen molar-refractivity contribution in [3.05, 3.63) is 63.7 Å². The lowest BCUT2D eigenvalue weighted by atomic mass is 9.92. The summed E-state index contributed by atoms with van der Waals surface area (Å²) in [6, 6.07) is 6.12. The van der Waals surface area contributed by atoms with Crippen molar-refractivity contribution in [2.24, 2.45) is 0 Å². The van der Waals surface area contributed by atoms with Gasteiger partial charge in [0.15, 0.2) is 11.9 Å². The Morgan fingerprint density at radius 2 is 1.97 bits per heavy atom. The zero-order chi connectivity index (χ0) is 22.7. The van der Waals surface area contributed by atoms with Gasteiger partial charge < -0.3 is 14.2 Å². The van der Waals surface area contributed by atoms with Crippen LogP contribution in [0.3, 0.4) is 0 Å². The first-order chi connectivity index (χ1) is 14.7. The molecule has 3 rings (SSSR count). The van der Waals surface area contributed by atoms with Crippen LogP contribution in [0.2, 0.25) is 5.02 Å². The van der Waals surface area contributed by atoms with Crippen LogP contribution in [0.15, 0.2) is 30.3 Å². The molecule has 1 aliphatic heterocycles. The molecule has 0 radical (unpaired) electrons. The summed E-state index contributed by atoms with van der Waals surface area (Å²) in [7, 11) is 1.24. The minimum absolute atomic E-state index is 0.195. The van der Waals surface area contributed by atoms with Crippen LogP contribution in [0, 0.1) is 11.6 Å². The average molecular weight is 454 g/mol. The molecule has 2 aromatic rings. The van der Waals surface area contributed by atoms with Crippen molar-refractivity contribution in [2.45, 2.75) is 39.0 Å². The number of esters is 1. The molecule has 0 bridgehead atoms. The van der Waals surface area contributed by atoms with Crippen molar-refractivity contribution in [1.29, 1.82) is 0 Å². The smallest absolute Gasteiger partial charge is 0.411 e. The number of rotatable bonds is 5. The first kappa shape index (κ1) is 22.8. The van der Waals surface area contributed by atoms with E-state index in [1.807, 2.05) is 0 Å². The summed E-state index contributed by atoms with van der Waals surface area (Å²) in [6.07, 6.45) is -0.508. The topological polar surface area (TPSA) is 65.1 Å². The van der Waals surface area contributed by atoms with Crippen LogP contribution in [0.25, 0.3) is 0 Å². The van der Waals surface area contributed by atoms with Crippen LogP contribution < -0.4 is 4.74 Å². The molecular weight excluding hydrogens is 432 g/mol. The molecule has 2 aromatic carbocycles. The number of benzene rings is 2. The highest BCUT2D eigenvalue weighted by Gasteiger charge is 2.38. The van der Waals surface area contributed by atoms with Gasteiger partial charge >= 0.3 is 12.1 Å². The maximum absolute atomic E-state index is 14.1. The second-order valence-corrected chi connectivity index (χ2v) is 7.68. The minimum atomic E-state index is -0.961. The van der Waals surface area contributed by atoms with Gasteiger partial charge in [0.25, 0.3) is 0 Å². The molecule has 0 aliphatic carbocycles. The fourth-order valence-corrected chi connectivity index (χ4v) is 3.56. The second-order valence-electron chi connectivity index (χ2n) is 7.27. The van der Waals surface area contributed by atoms with E-state index < -0.39 is 29.7 Å². The fourth-order valence-electron chi connectivity index (χ4n) is 3.38. The lowest BCUT2D eigenvalue weighted by Crippen LogP contribution is -2.44. The highest BCUT2D eigenvalue weighted by Crippen LogP contribution is 2.34. The summed E-state index contributed by atoms with van der Waals surface area (Å²) in [5.74, 6) is -1.87. The van der Waals surface area contributed by atoms with E-state index in [2.05, 4.69) is 0 Å². The number of hydrogen-bond acceptors (Lipinski definition) is 5. The Labute approximate surface area is 183 Å². The van der Waals surface area contributed by atoms with Gasteiger partial charge in [0.1, 0.15) is 18.2 Å². The average Bonchev–Trinajstić information content (AvgIpc) is 2.74. The van der Waals surface area contributed by atoms with Crippen LogP contribution in [0.1, 0.15) is 36.6 Å². The number of ether oxygens (including phenoxy) is 3. The van der Waals surface area contributed by atoms with Crippen LogP contribution in [0.5, 0.6) is 5.75 Å². The molecule has 1 atom stereocenters. The molecule has 1 unspecified atom stereocenters. The molecule has 0 N–H and O–H groups in total. The molecular formula is C22H22ClF2NO5. The Morgan fingerprint density at radius 1 is 1.23 bits per heavy atom. The van der Waals surface area contributed by atoms with E-state index in [9.17, 15) is 18.4 Å². The van der Waals surface area contributed by atoms with Crippen molar-refractivity contribution in [3.63, 3.8) is 0 Å². The standard InChI is InChI=1S/C22H22ClF2NO5/c1-12(2)31-22(28)26-9-8-13-10-14(4-5-15(13)20(26)21(27)29-3)30-11-16-18(24)7-6-17(23)19(16)25/h4-7,10,12,20H,8-9,11H2,1-3H3. The van der Waals surface area contributed by atoms with Gasteiger partial charge in [0.2, 0.25) is 0 Å². The third-order valence-corrected chi connectivity index (χ3v) is 5.15. The first-order valence-corrected chi connectivity index (χ1v) is 10.0. The normalized spacial score (nSPS) is 15.5. The molecule has 0 fully saturated rings. The number of carbonyl (C=O) groups is 2. The van der Waals surface area contributed by atoms with Crippen LogP contribution in [-0.2, 0) is 27.3 Å². The van der Waals surface area contributed by atoms with Gasteiger partial charge in [0.05, 0.1) is 23.8 Å². The third-order valence-electron chi connectivity index (χ3n) is 4.86. The molecule has 166 valence electrons. The Kier molecular flexibility index (Phi) is 7.00. The largest absolute Gasteiger partial charge is 0.489 e. The molecule has 1 amide bonds. The number of nitrogens with zero attached hydrogens (tertiary/aromatic N) is 1. The predicted molar refractivity (Wildman–Crippen MR) is 109 cm³/mol. The van der Waals surface area contributed by atoms with E-state index in [0.29, 0.717) is 17.7 Å². The van der Waals surface area contributed by atoms with Crippen LogP contribution in [0.4, 0.5) is 13.6 Å². The van der Waals surface area contributed by atoms with Crippen LogP contribution in [-0.4, -0.2) is 36.7 Å². The number of hydrogen-bond donors (Lipinski definition) is 0. The van der Waals surface area contributed by atoms with Gasteiger partial charge in [-0.2, -0.15) is 0 Å². The van der Waals surface area contributed by atoms with E-state index in [1.165, 1.54) is 12.0 Å². The summed E-state index contributed by atoms with van der Waals surface area (Å²) in [5, 5.41) is -0.195. The van der Waals surface area contributed by atoms with Crippen LogP contribution >= 0.6 is 11.6 Å². The summed E-state index contributed by atoms with van der Waals surface area (Å²) >= 11 is 5.71. The Hall–Kier alpha value is -2.87. The van der Waals surface area contributed by atoms with Gasteiger partial charge in [-0.05, 0) is 55.7 Å². The number of fused-ring (bicyclic) bond motifs is 1. The predicted octanol–water partition coefficient (Wildman–Crippen LogP) is 4.81. The molecule has 1 aliphatic rings. The number of halogens is 3. The Bertz CT molecular complexity index is 998. The monoisotopic (exact) mass is 453 g/mol. The number of amides is 1. The van der Waals surface area contributed by atoms with E-state index in [1.54, 1.807) is 32.0 Å². The number of methoxy groups -OCH3 is 1. The highest BCUT2D eigenvalue weighted by atomic mass is 35.5. The van der Waals surface area contributed by atoms with Crippen molar-refractivity contribution < 1.29 is 32.6 Å². The minimum Gasteiger partial charge on any atom is -0.489 e. The molecule has 1 heterocycles. The zero-order valence-corrected chi connectivity index (χ0v) is 18.0. The quantitative estimate of drug-likeness (QED) is 0.480. The summed E-state index contributed by atoms with van der Waals surface area (Å²) in [5.41, 5.74) is 1.06. The van der Waals surface area contributed by atoms with E-state index in [4.69, 9.17) is 25.8 Å². The van der Waals surface area contributed by atoms with Gasteiger partial charge in [-0.15, -0.1) is 0 Å².